The molecule has 1 radical (unpaired) electrons. The number of methoxy groups -OCH3 is 1. The van der Waals surface area contributed by atoms with E-state index in [-0.39, 0.29) is 0 Å². The molecule has 0 aliphatic rings. The lowest BCUT2D eigenvalue weighted by Gasteiger charge is -2.07. The Kier molecular flexibility index (Phi) is 3.99. The third kappa shape index (κ3) is 2.49. The van der Waals surface area contributed by atoms with Crippen molar-refractivity contribution in [1.29, 1.82) is 0 Å². The van der Waals surface area contributed by atoms with Crippen molar-refractivity contribution < 1.29 is 4.74 Å². The summed E-state index contributed by atoms with van der Waals surface area (Å²) in [4.78, 5) is 0. The monoisotopic (exact) mass is 187 g/mol. The Balaban J connectivity index is 2.97. The Morgan fingerprint density at radius 1 is 1.36 bits per heavy atom. The molecule has 0 saturated carbocycles. The van der Waals surface area contributed by atoms with Gasteiger partial charge in [0.25, 0.3) is 0 Å². The summed E-state index contributed by atoms with van der Waals surface area (Å²) in [5, 5.41) is 0. The Labute approximate surface area is 85.7 Å². The van der Waals surface area contributed by atoms with Gasteiger partial charge in [-0.1, -0.05) is 24.3 Å². The molecule has 1 aromatic rings. The minimum atomic E-state index is 0.866. The second kappa shape index (κ2) is 5.28. The van der Waals surface area contributed by atoms with Crippen LogP contribution in [-0.4, -0.2) is 7.11 Å². The molecule has 0 unspecified atom stereocenters. The minimum Gasteiger partial charge on any atom is -0.496 e. The third-order valence-electron chi connectivity index (χ3n) is 1.98. The Bertz CT molecular complexity index is 326. The highest BCUT2D eigenvalue weighted by atomic mass is 16.5. The third-order valence-corrected chi connectivity index (χ3v) is 1.98. The van der Waals surface area contributed by atoms with Gasteiger partial charge in [-0.25, -0.2) is 0 Å². The fourth-order valence-corrected chi connectivity index (χ4v) is 1.31. The van der Waals surface area contributed by atoms with Crippen molar-refractivity contribution in [2.75, 3.05) is 7.11 Å². The van der Waals surface area contributed by atoms with Gasteiger partial charge in [0.05, 0.1) is 7.11 Å². The van der Waals surface area contributed by atoms with E-state index in [1.807, 2.05) is 24.6 Å². The minimum absolute atomic E-state index is 0.866. The lowest BCUT2D eigenvalue weighted by Crippen LogP contribution is -1.91. The first-order valence-corrected chi connectivity index (χ1v) is 4.55. The maximum atomic E-state index is 5.27. The van der Waals surface area contributed by atoms with Crippen molar-refractivity contribution in [2.45, 2.75) is 6.42 Å². The van der Waals surface area contributed by atoms with Crippen LogP contribution in [0.4, 0.5) is 0 Å². The van der Waals surface area contributed by atoms with Gasteiger partial charge in [0.15, 0.2) is 0 Å². The van der Waals surface area contributed by atoms with Gasteiger partial charge in [-0.2, -0.15) is 0 Å². The van der Waals surface area contributed by atoms with Crippen molar-refractivity contribution >= 4 is 0 Å². The lowest BCUT2D eigenvalue weighted by molar-refractivity contribution is 0.412. The summed E-state index contributed by atoms with van der Waals surface area (Å²) in [5.41, 5.74) is 2.26. The van der Waals surface area contributed by atoms with E-state index in [1.54, 1.807) is 13.2 Å². The topological polar surface area (TPSA) is 9.23 Å². The number of rotatable bonds is 5. The van der Waals surface area contributed by atoms with Crippen LogP contribution in [0.25, 0.3) is 0 Å². The predicted octanol–water partition coefficient (Wildman–Crippen LogP) is 3.16. The lowest BCUT2D eigenvalue weighted by atomic mass is 10.1. The Hall–Kier alpha value is -1.50. The normalized spacial score (nSPS) is 9.50. The van der Waals surface area contributed by atoms with Crippen molar-refractivity contribution in [2.24, 2.45) is 0 Å². The summed E-state index contributed by atoms with van der Waals surface area (Å²) >= 11 is 0. The number of ether oxygens (including phenoxy) is 1. The summed E-state index contributed by atoms with van der Waals surface area (Å²) in [6.07, 6.45) is 6.43. The van der Waals surface area contributed by atoms with Crippen LogP contribution < -0.4 is 4.74 Å². The van der Waals surface area contributed by atoms with Gasteiger partial charge >= 0.3 is 0 Å². The molecule has 1 heteroatoms. The second-order valence-electron chi connectivity index (χ2n) is 2.97. The molecule has 0 aliphatic carbocycles. The Morgan fingerprint density at radius 2 is 2.14 bits per heavy atom. The van der Waals surface area contributed by atoms with Crippen molar-refractivity contribution in [3.8, 4) is 5.75 Å². The fraction of sp³-hybridized carbons (Fsp3) is 0.154. The van der Waals surface area contributed by atoms with E-state index >= 15 is 0 Å². The quantitative estimate of drug-likeness (QED) is 0.643. The molecule has 0 atom stereocenters. The molecule has 0 saturated heterocycles. The van der Waals surface area contributed by atoms with E-state index in [2.05, 4.69) is 19.2 Å². The average Bonchev–Trinajstić information content (AvgIpc) is 2.21. The van der Waals surface area contributed by atoms with E-state index in [1.165, 1.54) is 5.56 Å². The first-order chi connectivity index (χ1) is 6.81. The molecule has 0 fully saturated rings. The molecule has 1 nitrogen and oxygen atoms in total. The molecule has 0 amide bonds. The van der Waals surface area contributed by atoms with E-state index in [9.17, 15) is 0 Å². The van der Waals surface area contributed by atoms with E-state index in [4.69, 9.17) is 4.74 Å². The molecule has 0 bridgehead atoms. The van der Waals surface area contributed by atoms with E-state index < -0.39 is 0 Å². The molecule has 0 heterocycles. The highest BCUT2D eigenvalue weighted by molar-refractivity contribution is 5.44. The molecule has 73 valence electrons. The van der Waals surface area contributed by atoms with Crippen LogP contribution in [0.5, 0.6) is 5.75 Å². The zero-order valence-electron chi connectivity index (χ0n) is 8.49. The van der Waals surface area contributed by atoms with Gasteiger partial charge in [0, 0.05) is 12.0 Å². The molecule has 0 spiro atoms. The summed E-state index contributed by atoms with van der Waals surface area (Å²) in [6.45, 7) is 7.37. The summed E-state index contributed by atoms with van der Waals surface area (Å²) in [6, 6.07) is 6.12. The van der Waals surface area contributed by atoms with Crippen LogP contribution in [0.3, 0.4) is 0 Å². The smallest absolute Gasteiger partial charge is 0.122 e. The summed E-state index contributed by atoms with van der Waals surface area (Å²) in [7, 11) is 1.67. The largest absolute Gasteiger partial charge is 0.496 e. The van der Waals surface area contributed by atoms with Crippen LogP contribution in [0.15, 0.2) is 43.5 Å². The van der Waals surface area contributed by atoms with Gasteiger partial charge < -0.3 is 4.74 Å². The number of benzene rings is 1. The van der Waals surface area contributed by atoms with Crippen molar-refractivity contribution in [3.05, 3.63) is 61.1 Å². The predicted molar refractivity (Wildman–Crippen MR) is 60.5 cm³/mol. The van der Waals surface area contributed by atoms with Crippen LogP contribution in [0.2, 0.25) is 0 Å². The van der Waals surface area contributed by atoms with Crippen molar-refractivity contribution in [3.63, 3.8) is 0 Å². The summed E-state index contributed by atoms with van der Waals surface area (Å²) < 4.78 is 5.27. The zero-order valence-corrected chi connectivity index (χ0v) is 8.49. The number of hydrogen-bond acceptors (Lipinski definition) is 1. The second-order valence-corrected chi connectivity index (χ2v) is 2.97. The van der Waals surface area contributed by atoms with E-state index in [0.717, 1.165) is 17.7 Å². The first-order valence-electron chi connectivity index (χ1n) is 4.55. The first kappa shape index (κ1) is 10.6. The molecular formula is C13H15O. The molecule has 0 aromatic heterocycles. The van der Waals surface area contributed by atoms with Gasteiger partial charge in [0.1, 0.15) is 5.75 Å². The molecule has 1 rings (SSSR count). The molecule has 14 heavy (non-hydrogen) atoms. The molecular weight excluding hydrogens is 172 g/mol. The standard InChI is InChI=1S/C13H15O/c1-4-6-11-8-9-12(7-5-2)13(10-11)14-3/h4-5,7-10H,1-2,6H2,3H3. The highest BCUT2D eigenvalue weighted by Crippen LogP contribution is 2.22. The maximum Gasteiger partial charge on any atom is 0.122 e. The van der Waals surface area contributed by atoms with Crippen LogP contribution in [-0.2, 0) is 6.42 Å². The zero-order chi connectivity index (χ0) is 10.4. The van der Waals surface area contributed by atoms with Crippen LogP contribution >= 0.6 is 0 Å². The number of allylic oxidation sites excluding steroid dienone is 2. The molecule has 0 aliphatic heterocycles. The number of hydrogen-bond donors (Lipinski definition) is 0. The summed E-state index contributed by atoms with van der Waals surface area (Å²) in [5.74, 6) is 0.879. The Morgan fingerprint density at radius 3 is 2.71 bits per heavy atom. The van der Waals surface area contributed by atoms with Crippen LogP contribution in [0, 0.1) is 6.42 Å². The fourth-order valence-electron chi connectivity index (χ4n) is 1.31. The van der Waals surface area contributed by atoms with Gasteiger partial charge in [-0.05, 0) is 18.1 Å². The highest BCUT2D eigenvalue weighted by Gasteiger charge is 2.01. The van der Waals surface area contributed by atoms with Crippen LogP contribution in [0.1, 0.15) is 11.1 Å². The van der Waals surface area contributed by atoms with Gasteiger partial charge in [0.2, 0.25) is 0 Å². The SMILES string of the molecule is C=C[CH]c1ccc(CC=C)cc1OC. The van der Waals surface area contributed by atoms with Gasteiger partial charge in [-0.15, -0.1) is 13.2 Å². The van der Waals surface area contributed by atoms with Crippen molar-refractivity contribution in [1.82, 2.24) is 0 Å². The molecule has 0 N–H and O–H groups in total. The van der Waals surface area contributed by atoms with E-state index in [0.29, 0.717) is 0 Å². The van der Waals surface area contributed by atoms with Gasteiger partial charge in [-0.3, -0.25) is 0 Å². The average molecular weight is 187 g/mol. The maximum absolute atomic E-state index is 5.27. The molecule has 1 aromatic carbocycles.